The summed E-state index contributed by atoms with van der Waals surface area (Å²) < 4.78 is 32.2. The van der Waals surface area contributed by atoms with Gasteiger partial charge in [-0.3, -0.25) is 0 Å². The molecule has 0 atom stereocenters. The van der Waals surface area contributed by atoms with Crippen LogP contribution in [0.2, 0.25) is 0 Å². The Labute approximate surface area is 119 Å². The topological polar surface area (TPSA) is 81.1 Å². The fourth-order valence-electron chi connectivity index (χ4n) is 1.28. The molecule has 0 saturated heterocycles. The van der Waals surface area contributed by atoms with Gasteiger partial charge in [0.25, 0.3) is 5.88 Å². The molecule has 1 heterocycles. The van der Waals surface area contributed by atoms with Crippen LogP contribution in [0.15, 0.2) is 11.1 Å². The minimum absolute atomic E-state index is 0.0877. The van der Waals surface area contributed by atoms with Crippen molar-refractivity contribution in [2.75, 3.05) is 27.0 Å². The molecule has 0 bridgehead atoms. The van der Waals surface area contributed by atoms with Crippen LogP contribution in [-0.2, 0) is 10.1 Å². The molecule has 0 aromatic carbocycles. The zero-order valence-corrected chi connectivity index (χ0v) is 13.1. The van der Waals surface area contributed by atoms with Gasteiger partial charge < -0.3 is 13.8 Å². The van der Waals surface area contributed by atoms with Crippen molar-refractivity contribution in [3.8, 4) is 11.6 Å². The Hall–Kier alpha value is -1.83. The Morgan fingerprint density at radius 1 is 1.50 bits per heavy atom. The van der Waals surface area contributed by atoms with Gasteiger partial charge in [0.2, 0.25) is 0 Å². The van der Waals surface area contributed by atoms with Crippen molar-refractivity contribution in [1.82, 2.24) is 9.88 Å². The molecule has 0 N–H and O–H groups in total. The van der Waals surface area contributed by atoms with E-state index in [1.54, 1.807) is 19.3 Å². The molecular weight excluding hydrogens is 282 g/mol. The fourth-order valence-corrected chi connectivity index (χ4v) is 1.68. The molecule has 1 aromatic rings. The van der Waals surface area contributed by atoms with Crippen LogP contribution in [-0.4, -0.2) is 51.6 Å². The second-order valence-electron chi connectivity index (χ2n) is 4.21. The Morgan fingerprint density at radius 3 is 2.65 bits per heavy atom. The molecule has 7 nitrogen and oxygen atoms in total. The first-order chi connectivity index (χ1) is 9.26. The number of aliphatic imine (C=N–C) groups is 1. The predicted octanol–water partition coefficient (Wildman–Crippen LogP) is 1.35. The SMILES string of the molecule is CCN(C)/C=N/c1cc(OC)c(OS(C)(=O)=O)nc1C. The molecule has 0 spiro atoms. The average Bonchev–Trinajstić information content (AvgIpc) is 2.35. The summed E-state index contributed by atoms with van der Waals surface area (Å²) in [4.78, 5) is 10.2. The lowest BCUT2D eigenvalue weighted by Crippen LogP contribution is -2.14. The van der Waals surface area contributed by atoms with E-state index in [9.17, 15) is 8.42 Å². The van der Waals surface area contributed by atoms with Crippen molar-refractivity contribution >= 4 is 22.1 Å². The molecule has 0 fully saturated rings. The Morgan fingerprint density at radius 2 is 2.15 bits per heavy atom. The van der Waals surface area contributed by atoms with E-state index in [-0.39, 0.29) is 11.6 Å². The minimum atomic E-state index is -3.66. The van der Waals surface area contributed by atoms with Gasteiger partial charge >= 0.3 is 10.1 Å². The first kappa shape index (κ1) is 16.2. The molecule has 0 aliphatic rings. The second kappa shape index (κ2) is 6.56. The van der Waals surface area contributed by atoms with Gasteiger partial charge in [-0.05, 0) is 13.8 Å². The molecule has 0 aliphatic heterocycles. The van der Waals surface area contributed by atoms with Gasteiger partial charge in [0.1, 0.15) is 0 Å². The molecule has 0 unspecified atom stereocenters. The van der Waals surface area contributed by atoms with Crippen LogP contribution in [0.4, 0.5) is 5.69 Å². The summed E-state index contributed by atoms with van der Waals surface area (Å²) in [5.74, 6) is 0.127. The van der Waals surface area contributed by atoms with Crippen LogP contribution in [0.3, 0.4) is 0 Å². The average molecular weight is 301 g/mol. The normalized spacial score (nSPS) is 11.7. The number of hydrogen-bond acceptors (Lipinski definition) is 6. The molecule has 0 amide bonds. The van der Waals surface area contributed by atoms with E-state index < -0.39 is 10.1 Å². The Kier molecular flexibility index (Phi) is 5.32. The highest BCUT2D eigenvalue weighted by Gasteiger charge is 2.15. The molecular formula is C12H19N3O4S. The molecule has 1 rings (SSSR count). The van der Waals surface area contributed by atoms with Gasteiger partial charge in [-0.2, -0.15) is 8.42 Å². The number of pyridine rings is 1. The van der Waals surface area contributed by atoms with Crippen LogP contribution < -0.4 is 8.92 Å². The third-order valence-corrected chi connectivity index (χ3v) is 2.92. The van der Waals surface area contributed by atoms with E-state index >= 15 is 0 Å². The third kappa shape index (κ3) is 4.69. The highest BCUT2D eigenvalue weighted by atomic mass is 32.2. The largest absolute Gasteiger partial charge is 0.491 e. The lowest BCUT2D eigenvalue weighted by atomic mass is 10.3. The maximum absolute atomic E-state index is 11.2. The summed E-state index contributed by atoms with van der Waals surface area (Å²) in [5.41, 5.74) is 1.13. The summed E-state index contributed by atoms with van der Waals surface area (Å²) in [6.07, 6.45) is 2.62. The summed E-state index contributed by atoms with van der Waals surface area (Å²) in [5, 5.41) is 0. The molecule has 112 valence electrons. The number of nitrogens with zero attached hydrogens (tertiary/aromatic N) is 3. The van der Waals surface area contributed by atoms with Crippen LogP contribution in [0.1, 0.15) is 12.6 Å². The second-order valence-corrected chi connectivity index (χ2v) is 5.78. The van der Waals surface area contributed by atoms with Crippen LogP contribution >= 0.6 is 0 Å². The summed E-state index contributed by atoms with van der Waals surface area (Å²) in [6, 6.07) is 1.59. The number of methoxy groups -OCH3 is 1. The maximum atomic E-state index is 11.2. The Balaban J connectivity index is 3.16. The van der Waals surface area contributed by atoms with Crippen molar-refractivity contribution in [1.29, 1.82) is 0 Å². The monoisotopic (exact) mass is 301 g/mol. The van der Waals surface area contributed by atoms with Gasteiger partial charge in [-0.25, -0.2) is 9.98 Å². The fraction of sp³-hybridized carbons (Fsp3) is 0.500. The molecule has 0 saturated carbocycles. The van der Waals surface area contributed by atoms with Gasteiger partial charge in [0.15, 0.2) is 5.75 Å². The predicted molar refractivity (Wildman–Crippen MR) is 77.5 cm³/mol. The molecule has 0 radical (unpaired) electrons. The number of ether oxygens (including phenoxy) is 1. The molecule has 0 aliphatic carbocycles. The minimum Gasteiger partial charge on any atom is -0.491 e. The quantitative estimate of drug-likeness (QED) is 0.448. The van der Waals surface area contributed by atoms with Gasteiger partial charge in [0.05, 0.1) is 31.1 Å². The van der Waals surface area contributed by atoms with Gasteiger partial charge in [-0.1, -0.05) is 0 Å². The van der Waals surface area contributed by atoms with Crippen molar-refractivity contribution in [2.45, 2.75) is 13.8 Å². The summed E-state index contributed by atoms with van der Waals surface area (Å²) >= 11 is 0. The van der Waals surface area contributed by atoms with E-state index in [0.717, 1.165) is 12.8 Å². The Bertz CT molecular complexity index is 599. The zero-order chi connectivity index (χ0) is 15.3. The van der Waals surface area contributed by atoms with E-state index in [0.29, 0.717) is 11.4 Å². The summed E-state index contributed by atoms with van der Waals surface area (Å²) in [6.45, 7) is 4.54. The maximum Gasteiger partial charge on any atom is 0.307 e. The first-order valence-electron chi connectivity index (χ1n) is 5.96. The van der Waals surface area contributed by atoms with Crippen LogP contribution in [0.25, 0.3) is 0 Å². The van der Waals surface area contributed by atoms with Gasteiger partial charge in [-0.15, -0.1) is 0 Å². The number of aryl methyl sites for hydroxylation is 1. The van der Waals surface area contributed by atoms with Gasteiger partial charge in [0, 0.05) is 19.7 Å². The van der Waals surface area contributed by atoms with E-state index in [4.69, 9.17) is 8.92 Å². The van der Waals surface area contributed by atoms with E-state index in [2.05, 4.69) is 9.98 Å². The van der Waals surface area contributed by atoms with E-state index in [1.807, 2.05) is 18.9 Å². The molecule has 20 heavy (non-hydrogen) atoms. The van der Waals surface area contributed by atoms with Crippen molar-refractivity contribution in [3.63, 3.8) is 0 Å². The smallest absolute Gasteiger partial charge is 0.307 e. The highest BCUT2D eigenvalue weighted by molar-refractivity contribution is 7.86. The van der Waals surface area contributed by atoms with Crippen molar-refractivity contribution in [2.24, 2.45) is 4.99 Å². The lowest BCUT2D eigenvalue weighted by molar-refractivity contribution is 0.385. The van der Waals surface area contributed by atoms with Crippen molar-refractivity contribution < 1.29 is 17.3 Å². The first-order valence-corrected chi connectivity index (χ1v) is 7.78. The number of hydrogen-bond donors (Lipinski definition) is 0. The standard InChI is InChI=1S/C12H19N3O4S/c1-6-15(3)8-13-10-7-11(18-4)12(14-9(10)2)19-20(5,16)17/h7-8H,6H2,1-5H3/b13-8+. The lowest BCUT2D eigenvalue weighted by Gasteiger charge is -2.11. The number of aromatic nitrogens is 1. The zero-order valence-electron chi connectivity index (χ0n) is 12.2. The highest BCUT2D eigenvalue weighted by Crippen LogP contribution is 2.32. The molecule has 8 heteroatoms. The van der Waals surface area contributed by atoms with Crippen molar-refractivity contribution in [3.05, 3.63) is 11.8 Å². The van der Waals surface area contributed by atoms with Crippen LogP contribution in [0, 0.1) is 6.92 Å². The van der Waals surface area contributed by atoms with E-state index in [1.165, 1.54) is 7.11 Å². The number of rotatable bonds is 6. The van der Waals surface area contributed by atoms with Crippen LogP contribution in [0.5, 0.6) is 11.6 Å². The summed E-state index contributed by atoms with van der Waals surface area (Å²) in [7, 11) is -0.355. The molecule has 1 aromatic heterocycles. The third-order valence-electron chi connectivity index (χ3n) is 2.46.